The maximum absolute atomic E-state index is 13.6. The fraction of sp³-hybridized carbons (Fsp3) is 0.371. The minimum Gasteiger partial charge on any atom is -0.507 e. The number of hydrogen-bond donors (Lipinski definition) is 1. The molecule has 7 heteroatoms. The number of ether oxygens (including phenoxy) is 3. The minimum absolute atomic E-state index is 0.0409. The lowest BCUT2D eigenvalue weighted by molar-refractivity contribution is -0.139. The van der Waals surface area contributed by atoms with Gasteiger partial charge in [-0.1, -0.05) is 50.2 Å². The summed E-state index contributed by atoms with van der Waals surface area (Å²) in [6.45, 7) is 9.45. The van der Waals surface area contributed by atoms with Gasteiger partial charge in [0, 0.05) is 18.5 Å². The van der Waals surface area contributed by atoms with Crippen molar-refractivity contribution in [3.8, 4) is 17.2 Å². The van der Waals surface area contributed by atoms with Crippen LogP contribution in [0, 0.1) is 5.92 Å². The van der Waals surface area contributed by atoms with Crippen molar-refractivity contribution in [1.82, 2.24) is 4.90 Å². The zero-order chi connectivity index (χ0) is 29.8. The van der Waals surface area contributed by atoms with Crippen molar-refractivity contribution < 1.29 is 28.9 Å². The highest BCUT2D eigenvalue weighted by molar-refractivity contribution is 6.46. The molecule has 1 saturated heterocycles. The maximum atomic E-state index is 13.6. The largest absolute Gasteiger partial charge is 0.507 e. The zero-order valence-corrected chi connectivity index (χ0v) is 24.8. The number of fused-ring (bicyclic) bond motifs is 1. The van der Waals surface area contributed by atoms with Gasteiger partial charge in [-0.05, 0) is 79.6 Å². The van der Waals surface area contributed by atoms with Gasteiger partial charge >= 0.3 is 0 Å². The third kappa shape index (κ3) is 6.15. The fourth-order valence-corrected chi connectivity index (χ4v) is 5.56. The molecule has 1 fully saturated rings. The number of hydrogen-bond acceptors (Lipinski definition) is 6. The highest BCUT2D eigenvalue weighted by Gasteiger charge is 2.46. The lowest BCUT2D eigenvalue weighted by atomic mass is 9.94. The van der Waals surface area contributed by atoms with E-state index in [1.165, 1.54) is 0 Å². The van der Waals surface area contributed by atoms with E-state index in [2.05, 4.69) is 13.8 Å². The number of ketones is 1. The van der Waals surface area contributed by atoms with Crippen LogP contribution in [0.3, 0.4) is 0 Å². The summed E-state index contributed by atoms with van der Waals surface area (Å²) >= 11 is 0. The molecule has 42 heavy (non-hydrogen) atoms. The molecule has 2 atom stereocenters. The van der Waals surface area contributed by atoms with Gasteiger partial charge in [0.05, 0.1) is 24.8 Å². The van der Waals surface area contributed by atoms with E-state index in [0.29, 0.717) is 61.1 Å². The van der Waals surface area contributed by atoms with Gasteiger partial charge in [0.1, 0.15) is 17.6 Å². The minimum atomic E-state index is -0.791. The molecular formula is C35H39NO6. The molecular weight excluding hydrogens is 530 g/mol. The van der Waals surface area contributed by atoms with Crippen LogP contribution in [0.15, 0.2) is 72.3 Å². The van der Waals surface area contributed by atoms with E-state index in [4.69, 9.17) is 14.2 Å². The number of rotatable bonds is 11. The Balaban J connectivity index is 1.56. The lowest BCUT2D eigenvalue weighted by Gasteiger charge is -2.26. The first-order valence-corrected chi connectivity index (χ1v) is 14.8. The molecule has 0 radical (unpaired) electrons. The third-order valence-corrected chi connectivity index (χ3v) is 7.73. The highest BCUT2D eigenvalue weighted by atomic mass is 16.5. The molecule has 2 unspecified atom stereocenters. The molecule has 220 valence electrons. The Morgan fingerprint density at radius 3 is 2.55 bits per heavy atom. The molecule has 1 amide bonds. The molecule has 2 heterocycles. The first-order valence-electron chi connectivity index (χ1n) is 14.8. The number of likely N-dealkylation sites (tertiary alicyclic amines) is 1. The van der Waals surface area contributed by atoms with Crippen molar-refractivity contribution >= 4 is 17.4 Å². The van der Waals surface area contributed by atoms with E-state index in [1.807, 2.05) is 74.5 Å². The number of benzene rings is 3. The Labute approximate surface area is 247 Å². The van der Waals surface area contributed by atoms with Crippen molar-refractivity contribution in [3.63, 3.8) is 0 Å². The van der Waals surface area contributed by atoms with Gasteiger partial charge in [-0.3, -0.25) is 9.59 Å². The normalized spacial score (nSPS) is 19.2. The van der Waals surface area contributed by atoms with Crippen molar-refractivity contribution in [2.45, 2.75) is 59.1 Å². The molecule has 1 N–H and O–H groups in total. The van der Waals surface area contributed by atoms with Gasteiger partial charge in [0.25, 0.3) is 11.7 Å². The summed E-state index contributed by atoms with van der Waals surface area (Å²) in [6, 6.07) is 19.9. The molecule has 0 aromatic heterocycles. The monoisotopic (exact) mass is 569 g/mol. The van der Waals surface area contributed by atoms with E-state index in [-0.39, 0.29) is 17.4 Å². The second kappa shape index (κ2) is 12.7. The summed E-state index contributed by atoms with van der Waals surface area (Å²) in [4.78, 5) is 28.7. The summed E-state index contributed by atoms with van der Waals surface area (Å²) in [5.41, 5.74) is 3.23. The van der Waals surface area contributed by atoms with Crippen LogP contribution in [0.1, 0.15) is 62.4 Å². The summed E-state index contributed by atoms with van der Waals surface area (Å²) in [5, 5.41) is 11.6. The summed E-state index contributed by atoms with van der Waals surface area (Å²) in [7, 11) is 0. The van der Waals surface area contributed by atoms with Gasteiger partial charge in [-0.25, -0.2) is 0 Å². The Morgan fingerprint density at radius 1 is 1.02 bits per heavy atom. The molecule has 5 rings (SSSR count). The van der Waals surface area contributed by atoms with E-state index in [1.54, 1.807) is 11.0 Å². The van der Waals surface area contributed by atoms with Gasteiger partial charge in [0.15, 0.2) is 11.5 Å². The van der Waals surface area contributed by atoms with Crippen molar-refractivity contribution in [2.24, 2.45) is 5.92 Å². The third-order valence-electron chi connectivity index (χ3n) is 7.73. The van der Waals surface area contributed by atoms with Crippen LogP contribution >= 0.6 is 0 Å². The van der Waals surface area contributed by atoms with E-state index in [0.717, 1.165) is 23.3 Å². The van der Waals surface area contributed by atoms with Crippen LogP contribution in [0.25, 0.3) is 5.76 Å². The number of aliphatic hydroxyl groups excluding tert-OH is 1. The van der Waals surface area contributed by atoms with E-state index in [9.17, 15) is 14.7 Å². The smallest absolute Gasteiger partial charge is 0.295 e. The van der Waals surface area contributed by atoms with Crippen LogP contribution in [0.5, 0.6) is 17.2 Å². The van der Waals surface area contributed by atoms with Crippen LogP contribution in [-0.4, -0.2) is 47.6 Å². The van der Waals surface area contributed by atoms with Gasteiger partial charge in [0.2, 0.25) is 0 Å². The quantitative estimate of drug-likeness (QED) is 0.161. The second-order valence-corrected chi connectivity index (χ2v) is 11.4. The molecule has 2 aliphatic rings. The standard InChI is InChI=1S/C35H39NO6/c1-5-40-30-21-25(11-14-29(30)41-18-16-22(2)3)32-31(33(37)26-12-13-28-27(20-26)19-23(4)42-28)34(38)35(39)36(32)17-15-24-9-7-6-8-10-24/h6-14,20-23,32,37H,5,15-19H2,1-4H3/b33-31-. The first kappa shape index (κ1) is 29.2. The fourth-order valence-electron chi connectivity index (χ4n) is 5.56. The molecule has 0 bridgehead atoms. The van der Waals surface area contributed by atoms with Gasteiger partial charge in [-0.15, -0.1) is 0 Å². The predicted octanol–water partition coefficient (Wildman–Crippen LogP) is 6.50. The number of Topliss-reactive ketones (excluding diaryl/α,β-unsaturated/α-hetero) is 1. The van der Waals surface area contributed by atoms with Crippen LogP contribution in [0.4, 0.5) is 0 Å². The van der Waals surface area contributed by atoms with Crippen LogP contribution < -0.4 is 14.2 Å². The molecule has 3 aromatic carbocycles. The summed E-state index contributed by atoms with van der Waals surface area (Å²) < 4.78 is 17.8. The zero-order valence-electron chi connectivity index (χ0n) is 24.8. The lowest BCUT2D eigenvalue weighted by Crippen LogP contribution is -2.31. The highest BCUT2D eigenvalue weighted by Crippen LogP contribution is 2.43. The van der Waals surface area contributed by atoms with Crippen molar-refractivity contribution in [2.75, 3.05) is 19.8 Å². The number of amides is 1. The van der Waals surface area contributed by atoms with Crippen LogP contribution in [0.2, 0.25) is 0 Å². The average molecular weight is 570 g/mol. The Hall–Kier alpha value is -4.26. The predicted molar refractivity (Wildman–Crippen MR) is 162 cm³/mol. The maximum Gasteiger partial charge on any atom is 0.295 e. The Morgan fingerprint density at radius 2 is 1.81 bits per heavy atom. The van der Waals surface area contributed by atoms with Gasteiger partial charge < -0.3 is 24.2 Å². The van der Waals surface area contributed by atoms with E-state index < -0.39 is 17.7 Å². The number of carbonyl (C=O) groups is 2. The average Bonchev–Trinajstić information content (AvgIpc) is 3.47. The number of aliphatic hydroxyl groups is 1. The molecule has 0 saturated carbocycles. The SMILES string of the molecule is CCOc1cc(C2/C(=C(/O)c3ccc4c(c3)CC(C)O4)C(=O)C(=O)N2CCc2ccccc2)ccc1OCCC(C)C. The van der Waals surface area contributed by atoms with Crippen LogP contribution in [-0.2, 0) is 22.4 Å². The summed E-state index contributed by atoms with van der Waals surface area (Å²) in [6.07, 6.45) is 2.21. The van der Waals surface area contributed by atoms with Crippen molar-refractivity contribution in [3.05, 3.63) is 94.6 Å². The molecule has 3 aromatic rings. The molecule has 0 spiro atoms. The number of carbonyl (C=O) groups excluding carboxylic acids is 2. The summed E-state index contributed by atoms with van der Waals surface area (Å²) in [5.74, 6) is 0.882. The Bertz CT molecular complexity index is 1480. The van der Waals surface area contributed by atoms with E-state index >= 15 is 0 Å². The molecule has 0 aliphatic carbocycles. The molecule has 7 nitrogen and oxygen atoms in total. The topological polar surface area (TPSA) is 85.3 Å². The first-order chi connectivity index (χ1) is 20.3. The Kier molecular flexibility index (Phi) is 8.86. The second-order valence-electron chi connectivity index (χ2n) is 11.4. The number of nitrogens with zero attached hydrogens (tertiary/aromatic N) is 1. The van der Waals surface area contributed by atoms with Gasteiger partial charge in [-0.2, -0.15) is 0 Å². The molecule has 2 aliphatic heterocycles. The van der Waals surface area contributed by atoms with Crippen molar-refractivity contribution in [1.29, 1.82) is 0 Å².